The summed E-state index contributed by atoms with van der Waals surface area (Å²) in [6.07, 6.45) is 4.18. The van der Waals surface area contributed by atoms with Crippen molar-refractivity contribution < 1.29 is 29.0 Å². The number of allylic oxidation sites excluding steroid dienone is 2. The van der Waals surface area contributed by atoms with Crippen LogP contribution in [0, 0.1) is 23.2 Å². The Bertz CT molecular complexity index is 543. The molecule has 0 spiro atoms. The summed E-state index contributed by atoms with van der Waals surface area (Å²) in [5, 5.41) is 11.8. The largest absolute Gasteiger partial charge is 0.481 e. The first-order valence-corrected chi connectivity index (χ1v) is 8.27. The van der Waals surface area contributed by atoms with Crippen LogP contribution in [0.4, 0.5) is 4.79 Å². The van der Waals surface area contributed by atoms with Crippen molar-refractivity contribution in [2.45, 2.75) is 46.3 Å². The fraction of sp³-hybridized carbons (Fsp3) is 0.706. The molecule has 7 nitrogen and oxygen atoms in total. The second-order valence-electron chi connectivity index (χ2n) is 7.00. The predicted octanol–water partition coefficient (Wildman–Crippen LogP) is 2.31. The molecule has 0 radical (unpaired) electrons. The number of amides is 1. The molecule has 24 heavy (non-hydrogen) atoms. The second-order valence-corrected chi connectivity index (χ2v) is 7.00. The van der Waals surface area contributed by atoms with Crippen molar-refractivity contribution >= 4 is 18.0 Å². The molecule has 1 saturated carbocycles. The van der Waals surface area contributed by atoms with Crippen molar-refractivity contribution in [1.82, 2.24) is 5.32 Å². The number of rotatable bonds is 7. The van der Waals surface area contributed by atoms with Gasteiger partial charge in [-0.2, -0.15) is 0 Å². The Kier molecular flexibility index (Phi) is 5.51. The standard InChI is InChI=1S/C17H25NO6/c1-10(2)15(21)23-11(3)24-16(22)18-9-17(8-14(19)20)7-12-5-4-6-13(12)17/h4,6,10-13H,5,7-9H2,1-3H3,(H,18,22)(H,19,20)/t11-,12+,13+,17+/m1/s1. The Balaban J connectivity index is 1.84. The van der Waals surface area contributed by atoms with Crippen LogP contribution in [0.15, 0.2) is 12.2 Å². The number of aliphatic carboxylic acids is 1. The van der Waals surface area contributed by atoms with Crippen LogP contribution < -0.4 is 5.32 Å². The molecule has 2 aliphatic rings. The van der Waals surface area contributed by atoms with Crippen molar-refractivity contribution in [1.29, 1.82) is 0 Å². The molecule has 0 bridgehead atoms. The Morgan fingerprint density at radius 3 is 2.58 bits per heavy atom. The van der Waals surface area contributed by atoms with Gasteiger partial charge in [-0.25, -0.2) is 4.79 Å². The van der Waals surface area contributed by atoms with E-state index in [9.17, 15) is 19.5 Å². The van der Waals surface area contributed by atoms with Crippen molar-refractivity contribution in [3.63, 3.8) is 0 Å². The van der Waals surface area contributed by atoms with Gasteiger partial charge in [-0.1, -0.05) is 26.0 Å². The maximum Gasteiger partial charge on any atom is 0.410 e. The van der Waals surface area contributed by atoms with Gasteiger partial charge < -0.3 is 19.9 Å². The fourth-order valence-electron chi connectivity index (χ4n) is 3.62. The summed E-state index contributed by atoms with van der Waals surface area (Å²) in [5.74, 6) is -0.962. The van der Waals surface area contributed by atoms with E-state index in [1.807, 2.05) is 0 Å². The molecule has 134 valence electrons. The van der Waals surface area contributed by atoms with Gasteiger partial charge in [0.05, 0.1) is 12.3 Å². The van der Waals surface area contributed by atoms with Crippen molar-refractivity contribution in [3.05, 3.63) is 12.2 Å². The normalized spacial score (nSPS) is 28.7. The van der Waals surface area contributed by atoms with E-state index in [-0.39, 0.29) is 24.8 Å². The minimum atomic E-state index is -0.990. The van der Waals surface area contributed by atoms with E-state index in [0.717, 1.165) is 12.8 Å². The van der Waals surface area contributed by atoms with Gasteiger partial charge in [-0.05, 0) is 24.7 Å². The molecular weight excluding hydrogens is 314 g/mol. The fourth-order valence-corrected chi connectivity index (χ4v) is 3.62. The zero-order chi connectivity index (χ0) is 17.9. The van der Waals surface area contributed by atoms with Crippen LogP contribution >= 0.6 is 0 Å². The van der Waals surface area contributed by atoms with Crippen molar-refractivity contribution in [2.75, 3.05) is 6.54 Å². The average Bonchev–Trinajstić information content (AvgIpc) is 2.85. The van der Waals surface area contributed by atoms with Gasteiger partial charge in [0.25, 0.3) is 0 Å². The summed E-state index contributed by atoms with van der Waals surface area (Å²) in [6, 6.07) is 0. The number of ether oxygens (including phenoxy) is 2. The zero-order valence-corrected chi connectivity index (χ0v) is 14.3. The van der Waals surface area contributed by atoms with Crippen LogP contribution in [0.3, 0.4) is 0 Å². The van der Waals surface area contributed by atoms with Gasteiger partial charge in [0.15, 0.2) is 0 Å². The van der Waals surface area contributed by atoms with E-state index in [1.165, 1.54) is 6.92 Å². The minimum absolute atomic E-state index is 0.0106. The third kappa shape index (κ3) is 4.07. The molecule has 0 aromatic rings. The first-order chi connectivity index (χ1) is 11.2. The first-order valence-electron chi connectivity index (χ1n) is 8.27. The topological polar surface area (TPSA) is 102 Å². The van der Waals surface area contributed by atoms with E-state index in [2.05, 4.69) is 17.5 Å². The third-order valence-corrected chi connectivity index (χ3v) is 4.78. The van der Waals surface area contributed by atoms with Gasteiger partial charge in [-0.3, -0.25) is 9.59 Å². The number of alkyl carbamates (subject to hydrolysis) is 1. The van der Waals surface area contributed by atoms with E-state index >= 15 is 0 Å². The molecule has 0 unspecified atom stereocenters. The number of fused-ring (bicyclic) bond motifs is 1. The molecular formula is C17H25NO6. The molecule has 1 fully saturated rings. The van der Waals surface area contributed by atoms with E-state index in [1.54, 1.807) is 13.8 Å². The Morgan fingerprint density at radius 2 is 2.00 bits per heavy atom. The number of esters is 1. The van der Waals surface area contributed by atoms with Gasteiger partial charge in [0, 0.05) is 18.9 Å². The van der Waals surface area contributed by atoms with Crippen molar-refractivity contribution in [3.8, 4) is 0 Å². The molecule has 0 saturated heterocycles. The van der Waals surface area contributed by atoms with Gasteiger partial charge >= 0.3 is 18.0 Å². The summed E-state index contributed by atoms with van der Waals surface area (Å²) in [7, 11) is 0. The Morgan fingerprint density at radius 1 is 1.29 bits per heavy atom. The third-order valence-electron chi connectivity index (χ3n) is 4.78. The zero-order valence-electron chi connectivity index (χ0n) is 14.3. The summed E-state index contributed by atoms with van der Waals surface area (Å²) < 4.78 is 9.95. The molecule has 7 heteroatoms. The summed E-state index contributed by atoms with van der Waals surface area (Å²) in [5.41, 5.74) is -0.458. The monoisotopic (exact) mass is 339 g/mol. The van der Waals surface area contributed by atoms with Gasteiger partial charge in [0.2, 0.25) is 6.29 Å². The van der Waals surface area contributed by atoms with Crippen LogP contribution in [0.2, 0.25) is 0 Å². The summed E-state index contributed by atoms with van der Waals surface area (Å²) in [6.45, 7) is 5.07. The molecule has 1 amide bonds. The van der Waals surface area contributed by atoms with Crippen LogP contribution in [0.25, 0.3) is 0 Å². The molecule has 0 aromatic heterocycles. The van der Waals surface area contributed by atoms with Crippen LogP contribution in [-0.4, -0.2) is 36.0 Å². The highest BCUT2D eigenvalue weighted by Gasteiger charge is 2.54. The maximum absolute atomic E-state index is 11.9. The lowest BCUT2D eigenvalue weighted by Crippen LogP contribution is -2.53. The van der Waals surface area contributed by atoms with Crippen LogP contribution in [0.1, 0.15) is 40.0 Å². The number of carbonyl (C=O) groups excluding carboxylic acids is 2. The highest BCUT2D eigenvalue weighted by atomic mass is 16.7. The highest BCUT2D eigenvalue weighted by Crippen LogP contribution is 2.57. The Labute approximate surface area is 141 Å². The van der Waals surface area contributed by atoms with Crippen LogP contribution in [-0.2, 0) is 19.1 Å². The number of carboxylic acid groups (broad SMARTS) is 1. The lowest BCUT2D eigenvalue weighted by atomic mass is 9.53. The van der Waals surface area contributed by atoms with Crippen molar-refractivity contribution in [2.24, 2.45) is 23.2 Å². The SMILES string of the molecule is CC(C)C(=O)O[C@@H](C)OC(=O)NC[C@@]1(CC(=O)O)C[C@@H]2CC=C[C@@H]21. The lowest BCUT2D eigenvalue weighted by Gasteiger charge is -2.51. The average molecular weight is 339 g/mol. The van der Waals surface area contributed by atoms with Gasteiger partial charge in [-0.15, -0.1) is 0 Å². The summed E-state index contributed by atoms with van der Waals surface area (Å²) in [4.78, 5) is 34.5. The maximum atomic E-state index is 11.9. The number of nitrogens with one attached hydrogen (secondary N) is 1. The quantitative estimate of drug-likeness (QED) is 0.419. The molecule has 2 aliphatic carbocycles. The molecule has 2 rings (SSSR count). The lowest BCUT2D eigenvalue weighted by molar-refractivity contribution is -0.169. The molecule has 0 heterocycles. The highest BCUT2D eigenvalue weighted by molar-refractivity contribution is 5.72. The van der Waals surface area contributed by atoms with Gasteiger partial charge in [0.1, 0.15) is 0 Å². The smallest absolute Gasteiger partial charge is 0.410 e. The molecule has 0 aliphatic heterocycles. The number of hydrogen-bond acceptors (Lipinski definition) is 5. The Hall–Kier alpha value is -2.05. The number of hydrogen-bond donors (Lipinski definition) is 2. The molecule has 0 aromatic carbocycles. The summed E-state index contributed by atoms with van der Waals surface area (Å²) >= 11 is 0. The van der Waals surface area contributed by atoms with E-state index < -0.39 is 29.7 Å². The van der Waals surface area contributed by atoms with E-state index in [4.69, 9.17) is 9.47 Å². The minimum Gasteiger partial charge on any atom is -0.481 e. The molecule has 4 atom stereocenters. The predicted molar refractivity (Wildman–Crippen MR) is 84.9 cm³/mol. The first kappa shape index (κ1) is 18.3. The second kappa shape index (κ2) is 7.23. The van der Waals surface area contributed by atoms with Crippen LogP contribution in [0.5, 0.6) is 0 Å². The number of carbonyl (C=O) groups is 3. The molecule has 2 N–H and O–H groups in total. The number of carboxylic acids is 1. The van der Waals surface area contributed by atoms with E-state index in [0.29, 0.717) is 5.92 Å².